The van der Waals surface area contributed by atoms with Gasteiger partial charge in [-0.1, -0.05) is 109 Å². The smallest absolute Gasteiger partial charge is 0.0620 e. The van der Waals surface area contributed by atoms with E-state index in [4.69, 9.17) is 0 Å². The molecule has 1 heteroatoms. The summed E-state index contributed by atoms with van der Waals surface area (Å²) in [6.45, 7) is 0. The molecule has 2 aromatic heterocycles. The van der Waals surface area contributed by atoms with Gasteiger partial charge in [-0.05, 0) is 86.3 Å². The third-order valence-electron chi connectivity index (χ3n) is 8.63. The van der Waals surface area contributed by atoms with Crippen molar-refractivity contribution in [2.24, 2.45) is 0 Å². The zero-order valence-corrected chi connectivity index (χ0v) is 22.4. The van der Waals surface area contributed by atoms with Crippen LogP contribution in [0.25, 0.3) is 71.3 Å². The van der Waals surface area contributed by atoms with Gasteiger partial charge in [0.2, 0.25) is 0 Å². The highest BCUT2D eigenvalue weighted by Gasteiger charge is 2.19. The number of hydrogen-bond acceptors (Lipinski definition) is 0. The van der Waals surface area contributed by atoms with Crippen molar-refractivity contribution in [2.45, 2.75) is 0 Å². The number of benzene rings is 7. The van der Waals surface area contributed by atoms with E-state index in [2.05, 4.69) is 156 Å². The lowest BCUT2D eigenvalue weighted by molar-refractivity contribution is 1.38. The maximum atomic E-state index is 2.50. The van der Waals surface area contributed by atoms with Crippen molar-refractivity contribution >= 4 is 71.3 Å². The summed E-state index contributed by atoms with van der Waals surface area (Å²) < 4.78 is 2.50. The molecule has 7 aromatic carbocycles. The molecule has 2 heterocycles. The fraction of sp³-hybridized carbons (Fsp3) is 0. The molecule has 0 spiro atoms. The third-order valence-corrected chi connectivity index (χ3v) is 8.63. The molecule has 0 atom stereocenters. The summed E-state index contributed by atoms with van der Waals surface area (Å²) in [5, 5.41) is 10.3. The molecule has 0 unspecified atom stereocenters. The first-order valence-electron chi connectivity index (χ1n) is 14.2. The van der Waals surface area contributed by atoms with Crippen LogP contribution in [0.15, 0.2) is 146 Å². The molecule has 41 heavy (non-hydrogen) atoms. The summed E-state index contributed by atoms with van der Waals surface area (Å²) in [6, 6.07) is 53.1. The molecular formula is C40H25N. The van der Waals surface area contributed by atoms with Crippen LogP contribution in [-0.4, -0.2) is 4.40 Å². The standard InChI is InChI=1S/C40H25N/c1-3-11-27(12-4-1)33(28-13-5-2-6-14-28)19-26-20-36-34-22-29-15-7-9-17-31(29)24-38(34)41-39-25-32-18-10-8-16-30(32)23-35(39)37(21-26)40(36)41/h1-25H. The second-order valence-electron chi connectivity index (χ2n) is 11.0. The highest BCUT2D eigenvalue weighted by molar-refractivity contribution is 6.26. The number of fused-ring (bicyclic) bond motifs is 8. The van der Waals surface area contributed by atoms with Gasteiger partial charge in [-0.2, -0.15) is 0 Å². The Morgan fingerprint density at radius 1 is 0.415 bits per heavy atom. The van der Waals surface area contributed by atoms with Crippen molar-refractivity contribution < 1.29 is 0 Å². The van der Waals surface area contributed by atoms with E-state index in [1.54, 1.807) is 0 Å². The van der Waals surface area contributed by atoms with Crippen molar-refractivity contribution in [3.8, 4) is 0 Å². The maximum Gasteiger partial charge on any atom is 0.0620 e. The van der Waals surface area contributed by atoms with Crippen LogP contribution in [0.1, 0.15) is 16.7 Å². The first-order chi connectivity index (χ1) is 20.3. The topological polar surface area (TPSA) is 4.41 Å². The monoisotopic (exact) mass is 519 g/mol. The fourth-order valence-electron chi connectivity index (χ4n) is 6.76. The van der Waals surface area contributed by atoms with Gasteiger partial charge in [0.15, 0.2) is 0 Å². The lowest BCUT2D eigenvalue weighted by Gasteiger charge is -2.09. The van der Waals surface area contributed by atoms with Gasteiger partial charge in [0, 0.05) is 21.5 Å². The summed E-state index contributed by atoms with van der Waals surface area (Å²) >= 11 is 0. The molecule has 0 saturated carbocycles. The van der Waals surface area contributed by atoms with E-state index in [1.807, 2.05) is 0 Å². The predicted octanol–water partition coefficient (Wildman–Crippen LogP) is 10.7. The van der Waals surface area contributed by atoms with Gasteiger partial charge in [-0.25, -0.2) is 0 Å². The molecule has 0 radical (unpaired) electrons. The molecule has 0 amide bonds. The second kappa shape index (κ2) is 8.55. The van der Waals surface area contributed by atoms with E-state index in [0.717, 1.165) is 0 Å². The number of nitrogens with zero attached hydrogens (tertiary/aromatic N) is 1. The summed E-state index contributed by atoms with van der Waals surface area (Å²) in [4.78, 5) is 0. The van der Waals surface area contributed by atoms with Crippen molar-refractivity contribution in [3.63, 3.8) is 0 Å². The van der Waals surface area contributed by atoms with E-state index in [9.17, 15) is 0 Å². The first-order valence-corrected chi connectivity index (χ1v) is 14.2. The van der Waals surface area contributed by atoms with Crippen LogP contribution in [0.5, 0.6) is 0 Å². The Hall–Kier alpha value is -5.40. The van der Waals surface area contributed by atoms with E-state index < -0.39 is 0 Å². The van der Waals surface area contributed by atoms with Crippen molar-refractivity contribution in [1.82, 2.24) is 4.40 Å². The predicted molar refractivity (Wildman–Crippen MR) is 176 cm³/mol. The van der Waals surface area contributed by atoms with Gasteiger partial charge in [0.1, 0.15) is 0 Å². The van der Waals surface area contributed by atoms with Gasteiger partial charge in [-0.15, -0.1) is 0 Å². The average molecular weight is 520 g/mol. The molecule has 9 rings (SSSR count). The molecule has 190 valence electrons. The zero-order valence-electron chi connectivity index (χ0n) is 22.4. The summed E-state index contributed by atoms with van der Waals surface area (Å²) in [6.07, 6.45) is 2.36. The Bertz CT molecular complexity index is 2280. The van der Waals surface area contributed by atoms with Crippen LogP contribution in [0.2, 0.25) is 0 Å². The highest BCUT2D eigenvalue weighted by Crippen LogP contribution is 2.43. The van der Waals surface area contributed by atoms with Crippen LogP contribution >= 0.6 is 0 Å². The molecule has 0 aliphatic carbocycles. The zero-order chi connectivity index (χ0) is 26.9. The van der Waals surface area contributed by atoms with Gasteiger partial charge >= 0.3 is 0 Å². The molecule has 1 nitrogen and oxygen atoms in total. The van der Waals surface area contributed by atoms with Crippen LogP contribution in [-0.2, 0) is 0 Å². The number of aromatic nitrogens is 1. The summed E-state index contributed by atoms with van der Waals surface area (Å²) in [5.74, 6) is 0. The molecule has 0 bridgehead atoms. The van der Waals surface area contributed by atoms with Crippen molar-refractivity contribution in [3.05, 3.63) is 162 Å². The number of rotatable bonds is 3. The second-order valence-corrected chi connectivity index (χ2v) is 11.0. The molecule has 0 N–H and O–H groups in total. The van der Waals surface area contributed by atoms with Gasteiger partial charge in [0.05, 0.1) is 16.6 Å². The minimum absolute atomic E-state index is 1.21. The molecule has 0 fully saturated rings. The SMILES string of the molecule is C(=C(c1ccccc1)c1ccccc1)c1cc2c3cc4ccccc4cc3n3c4cc5ccccc5cc4c(c1)c23. The number of hydrogen-bond donors (Lipinski definition) is 0. The van der Waals surface area contributed by atoms with E-state index in [-0.39, 0.29) is 0 Å². The van der Waals surface area contributed by atoms with Crippen LogP contribution in [0.4, 0.5) is 0 Å². The molecule has 0 aliphatic rings. The normalized spacial score (nSPS) is 11.9. The molecule has 0 saturated heterocycles. The minimum Gasteiger partial charge on any atom is -0.308 e. The molecule has 9 aromatic rings. The van der Waals surface area contributed by atoms with Gasteiger partial charge in [0.25, 0.3) is 0 Å². The van der Waals surface area contributed by atoms with E-state index in [0.29, 0.717) is 0 Å². The Balaban J connectivity index is 1.44. The third kappa shape index (κ3) is 3.36. The lowest BCUT2D eigenvalue weighted by Crippen LogP contribution is -1.88. The Labute approximate surface area is 237 Å². The van der Waals surface area contributed by atoms with E-state index >= 15 is 0 Å². The van der Waals surface area contributed by atoms with Crippen molar-refractivity contribution in [1.29, 1.82) is 0 Å². The lowest BCUT2D eigenvalue weighted by atomic mass is 9.94. The summed E-state index contributed by atoms with van der Waals surface area (Å²) in [7, 11) is 0. The maximum absolute atomic E-state index is 2.50. The molecular weight excluding hydrogens is 494 g/mol. The fourth-order valence-corrected chi connectivity index (χ4v) is 6.76. The first kappa shape index (κ1) is 22.4. The van der Waals surface area contributed by atoms with Gasteiger partial charge < -0.3 is 4.40 Å². The van der Waals surface area contributed by atoms with E-state index in [1.165, 1.54) is 81.9 Å². The van der Waals surface area contributed by atoms with Gasteiger partial charge in [-0.3, -0.25) is 0 Å². The highest BCUT2D eigenvalue weighted by atomic mass is 14.9. The Kier molecular flexibility index (Phi) is 4.67. The quantitative estimate of drug-likeness (QED) is 0.205. The van der Waals surface area contributed by atoms with Crippen molar-refractivity contribution in [2.75, 3.05) is 0 Å². The molecule has 0 aliphatic heterocycles. The largest absolute Gasteiger partial charge is 0.308 e. The van der Waals surface area contributed by atoms with Crippen LogP contribution in [0, 0.1) is 0 Å². The average Bonchev–Trinajstić information content (AvgIpc) is 3.52. The summed E-state index contributed by atoms with van der Waals surface area (Å²) in [5.41, 5.74) is 8.71. The van der Waals surface area contributed by atoms with Crippen LogP contribution < -0.4 is 0 Å². The Morgan fingerprint density at radius 3 is 1.29 bits per heavy atom. The van der Waals surface area contributed by atoms with Crippen LogP contribution in [0.3, 0.4) is 0 Å². The minimum atomic E-state index is 1.21. The Morgan fingerprint density at radius 2 is 0.829 bits per heavy atom.